The van der Waals surface area contributed by atoms with Gasteiger partial charge in [0.1, 0.15) is 5.52 Å². The molecular formula is C12H8IN3S. The Morgan fingerprint density at radius 2 is 1.88 bits per heavy atom. The van der Waals surface area contributed by atoms with Crippen LogP contribution in [-0.4, -0.2) is 13.9 Å². The van der Waals surface area contributed by atoms with Crippen LogP contribution in [0.4, 0.5) is 0 Å². The standard InChI is InChI=1S/C12H8IN3S/c13-9-5-3-8(4-6-9)11-15-10-2-1-7-14-12(10)16(11)17/h1-7,17H. The lowest BCUT2D eigenvalue weighted by Crippen LogP contribution is -1.88. The fraction of sp³-hybridized carbons (Fsp3) is 0. The second kappa shape index (κ2) is 4.30. The molecule has 17 heavy (non-hydrogen) atoms. The van der Waals surface area contributed by atoms with Crippen LogP contribution in [0.5, 0.6) is 0 Å². The number of benzene rings is 1. The Balaban J connectivity index is 2.24. The molecular weight excluding hydrogens is 345 g/mol. The fourth-order valence-electron chi connectivity index (χ4n) is 1.69. The topological polar surface area (TPSA) is 30.7 Å². The Morgan fingerprint density at radius 1 is 1.12 bits per heavy atom. The van der Waals surface area contributed by atoms with Crippen LogP contribution in [0.25, 0.3) is 22.6 Å². The van der Waals surface area contributed by atoms with Crippen molar-refractivity contribution < 1.29 is 0 Å². The van der Waals surface area contributed by atoms with Gasteiger partial charge >= 0.3 is 0 Å². The maximum atomic E-state index is 4.53. The van der Waals surface area contributed by atoms with Gasteiger partial charge in [-0.1, -0.05) is 24.9 Å². The van der Waals surface area contributed by atoms with E-state index in [2.05, 4.69) is 57.5 Å². The van der Waals surface area contributed by atoms with Crippen molar-refractivity contribution in [2.24, 2.45) is 0 Å². The first-order valence-electron chi connectivity index (χ1n) is 5.04. The van der Waals surface area contributed by atoms with E-state index in [-0.39, 0.29) is 0 Å². The predicted octanol–water partition coefficient (Wildman–Crippen LogP) is 3.40. The molecule has 0 aliphatic heterocycles. The van der Waals surface area contributed by atoms with Crippen LogP contribution in [0.2, 0.25) is 0 Å². The minimum atomic E-state index is 0.782. The summed E-state index contributed by atoms with van der Waals surface area (Å²) in [5, 5.41) is 0. The van der Waals surface area contributed by atoms with Crippen molar-refractivity contribution in [1.29, 1.82) is 0 Å². The smallest absolute Gasteiger partial charge is 0.170 e. The van der Waals surface area contributed by atoms with Gasteiger partial charge < -0.3 is 0 Å². The van der Waals surface area contributed by atoms with Crippen LogP contribution in [-0.2, 0) is 0 Å². The van der Waals surface area contributed by atoms with Gasteiger partial charge in [0.2, 0.25) is 0 Å². The molecule has 0 amide bonds. The van der Waals surface area contributed by atoms with Crippen molar-refractivity contribution in [3.63, 3.8) is 0 Å². The summed E-state index contributed by atoms with van der Waals surface area (Å²) in [5.74, 6) is 0.818. The number of pyridine rings is 1. The molecule has 5 heteroatoms. The Hall–Kier alpha value is -1.08. The van der Waals surface area contributed by atoms with E-state index >= 15 is 0 Å². The number of hydrogen-bond acceptors (Lipinski definition) is 3. The summed E-state index contributed by atoms with van der Waals surface area (Å²) < 4.78 is 2.92. The second-order valence-electron chi connectivity index (χ2n) is 3.60. The fourth-order valence-corrected chi connectivity index (χ4v) is 2.36. The molecule has 0 saturated heterocycles. The van der Waals surface area contributed by atoms with Gasteiger partial charge in [-0.05, 0) is 46.9 Å². The lowest BCUT2D eigenvalue weighted by Gasteiger charge is -2.00. The van der Waals surface area contributed by atoms with E-state index in [1.807, 2.05) is 24.3 Å². The number of rotatable bonds is 1. The summed E-state index contributed by atoms with van der Waals surface area (Å²) in [7, 11) is 0. The van der Waals surface area contributed by atoms with Crippen LogP contribution in [0.3, 0.4) is 0 Å². The van der Waals surface area contributed by atoms with Crippen molar-refractivity contribution >= 4 is 46.6 Å². The van der Waals surface area contributed by atoms with Gasteiger partial charge in [-0.25, -0.2) is 9.97 Å². The first-order valence-corrected chi connectivity index (χ1v) is 6.52. The molecule has 0 radical (unpaired) electrons. The van der Waals surface area contributed by atoms with Gasteiger partial charge in [-0.3, -0.25) is 3.97 Å². The van der Waals surface area contributed by atoms with E-state index in [1.165, 1.54) is 3.57 Å². The summed E-state index contributed by atoms with van der Waals surface area (Å²) in [6.45, 7) is 0. The highest BCUT2D eigenvalue weighted by Crippen LogP contribution is 2.24. The SMILES string of the molecule is Sn1c(-c2ccc(I)cc2)nc2cccnc21. The molecule has 0 aliphatic carbocycles. The molecule has 0 bridgehead atoms. The molecule has 0 atom stereocenters. The van der Waals surface area contributed by atoms with Gasteiger partial charge in [0.25, 0.3) is 0 Å². The summed E-state index contributed by atoms with van der Waals surface area (Å²) >= 11 is 6.72. The van der Waals surface area contributed by atoms with Gasteiger partial charge in [-0.15, -0.1) is 0 Å². The molecule has 3 aromatic rings. The Kier molecular flexibility index (Phi) is 2.79. The van der Waals surface area contributed by atoms with Gasteiger partial charge in [-0.2, -0.15) is 0 Å². The molecule has 0 fully saturated rings. The van der Waals surface area contributed by atoms with Gasteiger partial charge in [0.15, 0.2) is 11.5 Å². The van der Waals surface area contributed by atoms with Crippen LogP contribution in [0, 0.1) is 3.57 Å². The third-order valence-electron chi connectivity index (χ3n) is 2.50. The predicted molar refractivity (Wildman–Crippen MR) is 80.1 cm³/mol. The molecule has 0 saturated carbocycles. The average molecular weight is 353 g/mol. The van der Waals surface area contributed by atoms with Crippen molar-refractivity contribution in [2.45, 2.75) is 0 Å². The van der Waals surface area contributed by atoms with Crippen LogP contribution < -0.4 is 0 Å². The van der Waals surface area contributed by atoms with E-state index in [0.717, 1.165) is 22.6 Å². The lowest BCUT2D eigenvalue weighted by atomic mass is 10.2. The minimum Gasteiger partial charge on any atom is -0.252 e. The summed E-state index contributed by atoms with van der Waals surface area (Å²) in [6.07, 6.45) is 1.74. The van der Waals surface area contributed by atoms with Crippen molar-refractivity contribution in [1.82, 2.24) is 13.9 Å². The lowest BCUT2D eigenvalue weighted by molar-refractivity contribution is 1.24. The molecule has 84 valence electrons. The summed E-state index contributed by atoms with van der Waals surface area (Å²) in [6, 6.07) is 12.0. The number of imidazole rings is 1. The molecule has 0 unspecified atom stereocenters. The number of fused-ring (bicyclic) bond motifs is 1. The zero-order chi connectivity index (χ0) is 11.8. The number of nitrogens with zero attached hydrogens (tertiary/aromatic N) is 3. The summed E-state index contributed by atoms with van der Waals surface area (Å²) in [4.78, 5) is 8.80. The molecule has 3 nitrogen and oxygen atoms in total. The molecule has 0 aliphatic rings. The highest BCUT2D eigenvalue weighted by molar-refractivity contribution is 14.1. The second-order valence-corrected chi connectivity index (χ2v) is 5.25. The molecule has 2 aromatic heterocycles. The highest BCUT2D eigenvalue weighted by Gasteiger charge is 2.10. The zero-order valence-electron chi connectivity index (χ0n) is 8.71. The van der Waals surface area contributed by atoms with Crippen molar-refractivity contribution in [3.05, 3.63) is 46.2 Å². The summed E-state index contributed by atoms with van der Waals surface area (Å²) in [5.41, 5.74) is 2.68. The van der Waals surface area contributed by atoms with E-state index in [9.17, 15) is 0 Å². The highest BCUT2D eigenvalue weighted by atomic mass is 127. The van der Waals surface area contributed by atoms with Gasteiger partial charge in [0, 0.05) is 15.3 Å². The number of halogens is 1. The monoisotopic (exact) mass is 353 g/mol. The minimum absolute atomic E-state index is 0.782. The molecule has 0 spiro atoms. The van der Waals surface area contributed by atoms with E-state index in [0.29, 0.717) is 0 Å². The largest absolute Gasteiger partial charge is 0.252 e. The molecule has 1 aromatic carbocycles. The van der Waals surface area contributed by atoms with Crippen molar-refractivity contribution in [2.75, 3.05) is 0 Å². The number of aromatic nitrogens is 3. The first-order chi connectivity index (χ1) is 8.25. The van der Waals surface area contributed by atoms with Crippen LogP contribution in [0.1, 0.15) is 0 Å². The zero-order valence-corrected chi connectivity index (χ0v) is 11.8. The van der Waals surface area contributed by atoms with Crippen LogP contribution >= 0.6 is 35.4 Å². The maximum Gasteiger partial charge on any atom is 0.170 e. The Morgan fingerprint density at radius 3 is 2.59 bits per heavy atom. The quantitative estimate of drug-likeness (QED) is 0.537. The van der Waals surface area contributed by atoms with Crippen LogP contribution in [0.15, 0.2) is 42.6 Å². The maximum absolute atomic E-state index is 4.53. The first kappa shape index (κ1) is 11.0. The molecule has 3 rings (SSSR count). The third kappa shape index (κ3) is 1.93. The Labute approximate surface area is 118 Å². The molecule has 0 N–H and O–H groups in total. The van der Waals surface area contributed by atoms with E-state index < -0.39 is 0 Å². The number of thiol groups is 1. The molecule has 2 heterocycles. The normalized spacial score (nSPS) is 10.9. The van der Waals surface area contributed by atoms with Gasteiger partial charge in [0.05, 0.1) is 0 Å². The number of hydrogen-bond donors (Lipinski definition) is 1. The van der Waals surface area contributed by atoms with E-state index in [4.69, 9.17) is 0 Å². The van der Waals surface area contributed by atoms with E-state index in [1.54, 1.807) is 10.2 Å². The average Bonchev–Trinajstić information content (AvgIpc) is 2.69. The van der Waals surface area contributed by atoms with Crippen molar-refractivity contribution in [3.8, 4) is 11.4 Å². The third-order valence-corrected chi connectivity index (χ3v) is 3.59. The Bertz CT molecular complexity index is 676.